The molecule has 0 saturated heterocycles. The van der Waals surface area contributed by atoms with Gasteiger partial charge in [0.25, 0.3) is 0 Å². The van der Waals surface area contributed by atoms with E-state index in [0.717, 1.165) is 10.0 Å². The van der Waals surface area contributed by atoms with Crippen molar-refractivity contribution in [1.29, 1.82) is 0 Å². The summed E-state index contributed by atoms with van der Waals surface area (Å²) in [4.78, 5) is 10.6. The van der Waals surface area contributed by atoms with Crippen molar-refractivity contribution in [1.82, 2.24) is 5.16 Å². The van der Waals surface area contributed by atoms with Gasteiger partial charge in [-0.2, -0.15) is 0 Å². The van der Waals surface area contributed by atoms with Crippen molar-refractivity contribution < 1.29 is 14.4 Å². The summed E-state index contributed by atoms with van der Waals surface area (Å²) in [5.41, 5.74) is 7.83. The Morgan fingerprint density at radius 1 is 1.39 bits per heavy atom. The lowest BCUT2D eigenvalue weighted by Gasteiger charge is -2.01. The Hall–Kier alpha value is -1.82. The lowest BCUT2D eigenvalue weighted by Crippen LogP contribution is -1.99. The van der Waals surface area contributed by atoms with Gasteiger partial charge in [0.05, 0.1) is 17.7 Å². The van der Waals surface area contributed by atoms with Crippen molar-refractivity contribution in [2.75, 3.05) is 5.73 Å². The number of nitrogens with zero attached hydrogens (tertiary/aromatic N) is 1. The highest BCUT2D eigenvalue weighted by atomic mass is 79.9. The zero-order valence-corrected chi connectivity index (χ0v) is 11.0. The molecule has 1 aromatic carbocycles. The van der Waals surface area contributed by atoms with Gasteiger partial charge in [-0.25, -0.2) is 0 Å². The molecule has 0 spiro atoms. The van der Waals surface area contributed by atoms with E-state index in [0.29, 0.717) is 17.7 Å². The first kappa shape index (κ1) is 12.6. The van der Waals surface area contributed by atoms with Gasteiger partial charge >= 0.3 is 5.97 Å². The number of carbonyl (C=O) groups is 1. The number of rotatable bonds is 4. The zero-order chi connectivity index (χ0) is 13.1. The van der Waals surface area contributed by atoms with Crippen molar-refractivity contribution in [3.63, 3.8) is 0 Å². The first-order valence-corrected chi connectivity index (χ1v) is 6.09. The predicted octanol–water partition coefficient (Wildman–Crippen LogP) is 2.70. The Balaban J connectivity index is 2.34. The number of halogens is 1. The SMILES string of the molecule is Nc1onc(CCC(=O)O)c1-c1ccc(Br)cc1. The summed E-state index contributed by atoms with van der Waals surface area (Å²) in [6, 6.07) is 7.50. The van der Waals surface area contributed by atoms with Gasteiger partial charge in [0.1, 0.15) is 0 Å². The molecule has 0 aliphatic rings. The van der Waals surface area contributed by atoms with Crippen LogP contribution in [0.5, 0.6) is 0 Å². The molecule has 0 atom stereocenters. The molecule has 0 aliphatic heterocycles. The standard InChI is InChI=1S/C12H11BrN2O3/c13-8-3-1-7(2-4-8)11-9(5-6-10(16)17)15-18-12(11)14/h1-4H,5-6,14H2,(H,16,17). The average Bonchev–Trinajstić information content (AvgIpc) is 2.69. The highest BCUT2D eigenvalue weighted by Gasteiger charge is 2.16. The van der Waals surface area contributed by atoms with Crippen molar-refractivity contribution in [3.8, 4) is 11.1 Å². The van der Waals surface area contributed by atoms with E-state index in [2.05, 4.69) is 21.1 Å². The van der Waals surface area contributed by atoms with E-state index in [9.17, 15) is 4.79 Å². The lowest BCUT2D eigenvalue weighted by molar-refractivity contribution is -0.136. The maximum atomic E-state index is 10.6. The lowest BCUT2D eigenvalue weighted by atomic mass is 10.0. The molecule has 2 rings (SSSR count). The number of hydrogen-bond donors (Lipinski definition) is 2. The van der Waals surface area contributed by atoms with E-state index in [1.165, 1.54) is 0 Å². The Kier molecular flexibility index (Phi) is 3.66. The largest absolute Gasteiger partial charge is 0.481 e. The normalized spacial score (nSPS) is 10.5. The molecule has 0 amide bonds. The van der Waals surface area contributed by atoms with Gasteiger partial charge in [0, 0.05) is 10.9 Å². The van der Waals surface area contributed by atoms with Gasteiger partial charge in [0.15, 0.2) is 0 Å². The summed E-state index contributed by atoms with van der Waals surface area (Å²) in [6.07, 6.45) is 0.289. The second kappa shape index (κ2) is 5.22. The van der Waals surface area contributed by atoms with Crippen molar-refractivity contribution in [2.45, 2.75) is 12.8 Å². The van der Waals surface area contributed by atoms with E-state index in [-0.39, 0.29) is 12.3 Å². The maximum Gasteiger partial charge on any atom is 0.303 e. The molecular formula is C12H11BrN2O3. The number of aryl methyl sites for hydroxylation is 1. The summed E-state index contributed by atoms with van der Waals surface area (Å²) < 4.78 is 5.89. The van der Waals surface area contributed by atoms with Crippen LogP contribution in [-0.2, 0) is 11.2 Å². The molecule has 94 valence electrons. The third-order valence-electron chi connectivity index (χ3n) is 2.50. The minimum atomic E-state index is -0.877. The number of carboxylic acid groups (broad SMARTS) is 1. The van der Waals surface area contributed by atoms with Crippen LogP contribution in [0.25, 0.3) is 11.1 Å². The molecule has 0 unspecified atom stereocenters. The fraction of sp³-hybridized carbons (Fsp3) is 0.167. The molecule has 3 N–H and O–H groups in total. The number of anilines is 1. The van der Waals surface area contributed by atoms with Gasteiger partial charge in [-0.15, -0.1) is 0 Å². The van der Waals surface area contributed by atoms with Crippen LogP contribution < -0.4 is 5.73 Å². The summed E-state index contributed by atoms with van der Waals surface area (Å²) in [5.74, 6) is -0.670. The summed E-state index contributed by atoms with van der Waals surface area (Å²) in [7, 11) is 0. The minimum absolute atomic E-state index is 0.00446. The van der Waals surface area contributed by atoms with E-state index in [4.69, 9.17) is 15.4 Å². The molecular weight excluding hydrogens is 300 g/mol. The molecule has 0 saturated carbocycles. The number of hydrogen-bond acceptors (Lipinski definition) is 4. The number of benzene rings is 1. The van der Waals surface area contributed by atoms with Crippen molar-refractivity contribution in [2.24, 2.45) is 0 Å². The van der Waals surface area contributed by atoms with Crippen LogP contribution in [0.3, 0.4) is 0 Å². The van der Waals surface area contributed by atoms with Gasteiger partial charge in [-0.3, -0.25) is 4.79 Å². The van der Waals surface area contributed by atoms with Crippen LogP contribution in [0.15, 0.2) is 33.3 Å². The van der Waals surface area contributed by atoms with Gasteiger partial charge in [-0.1, -0.05) is 33.2 Å². The van der Waals surface area contributed by atoms with Crippen LogP contribution in [0.4, 0.5) is 5.88 Å². The molecule has 18 heavy (non-hydrogen) atoms. The second-order valence-electron chi connectivity index (χ2n) is 3.77. The van der Waals surface area contributed by atoms with Crippen LogP contribution in [0.2, 0.25) is 0 Å². The van der Waals surface area contributed by atoms with Gasteiger partial charge < -0.3 is 15.4 Å². The summed E-state index contributed by atoms with van der Waals surface area (Å²) in [5, 5.41) is 12.5. The molecule has 0 bridgehead atoms. The predicted molar refractivity (Wildman–Crippen MR) is 70.0 cm³/mol. The molecule has 2 aromatic rings. The van der Waals surface area contributed by atoms with E-state index in [1.807, 2.05) is 24.3 Å². The number of nitrogens with two attached hydrogens (primary N) is 1. The molecule has 0 fully saturated rings. The molecule has 1 aromatic heterocycles. The second-order valence-corrected chi connectivity index (χ2v) is 4.68. The summed E-state index contributed by atoms with van der Waals surface area (Å²) in [6.45, 7) is 0. The van der Waals surface area contributed by atoms with Crippen LogP contribution in [0, 0.1) is 0 Å². The monoisotopic (exact) mass is 310 g/mol. The van der Waals surface area contributed by atoms with Crippen molar-refractivity contribution >= 4 is 27.8 Å². The summed E-state index contributed by atoms with van der Waals surface area (Å²) >= 11 is 3.35. The van der Waals surface area contributed by atoms with E-state index in [1.54, 1.807) is 0 Å². The quantitative estimate of drug-likeness (QED) is 0.906. The Morgan fingerprint density at radius 3 is 2.67 bits per heavy atom. The molecule has 6 heteroatoms. The van der Waals surface area contributed by atoms with Gasteiger partial charge in [-0.05, 0) is 17.7 Å². The minimum Gasteiger partial charge on any atom is -0.481 e. The fourth-order valence-electron chi connectivity index (χ4n) is 1.66. The van der Waals surface area contributed by atoms with Crippen LogP contribution in [0.1, 0.15) is 12.1 Å². The maximum absolute atomic E-state index is 10.6. The van der Waals surface area contributed by atoms with E-state index >= 15 is 0 Å². The first-order chi connectivity index (χ1) is 8.58. The Labute approximate surface area is 112 Å². The van der Waals surface area contributed by atoms with Crippen LogP contribution >= 0.6 is 15.9 Å². The molecule has 5 nitrogen and oxygen atoms in total. The third-order valence-corrected chi connectivity index (χ3v) is 3.03. The number of aliphatic carboxylic acids is 1. The van der Waals surface area contributed by atoms with Gasteiger partial charge in [0.2, 0.25) is 5.88 Å². The highest BCUT2D eigenvalue weighted by molar-refractivity contribution is 9.10. The number of aromatic nitrogens is 1. The first-order valence-electron chi connectivity index (χ1n) is 5.29. The zero-order valence-electron chi connectivity index (χ0n) is 9.39. The average molecular weight is 311 g/mol. The molecule has 0 aliphatic carbocycles. The highest BCUT2D eigenvalue weighted by Crippen LogP contribution is 2.31. The number of nitrogen functional groups attached to an aromatic ring is 1. The van der Waals surface area contributed by atoms with Crippen LogP contribution in [-0.4, -0.2) is 16.2 Å². The topological polar surface area (TPSA) is 89.4 Å². The van der Waals surface area contributed by atoms with E-state index < -0.39 is 5.97 Å². The Bertz CT molecular complexity index is 563. The fourth-order valence-corrected chi connectivity index (χ4v) is 1.92. The molecule has 0 radical (unpaired) electrons. The third kappa shape index (κ3) is 2.70. The van der Waals surface area contributed by atoms with Crippen molar-refractivity contribution in [3.05, 3.63) is 34.4 Å². The Morgan fingerprint density at radius 2 is 2.06 bits per heavy atom. The molecule has 1 heterocycles. The smallest absolute Gasteiger partial charge is 0.303 e. The number of carboxylic acids is 1.